The molecule has 4 rings (SSSR count). The number of anilines is 3. The van der Waals surface area contributed by atoms with Gasteiger partial charge >= 0.3 is 0 Å². The Hall–Kier alpha value is -3.71. The van der Waals surface area contributed by atoms with Crippen molar-refractivity contribution in [3.8, 4) is 17.2 Å². The predicted molar refractivity (Wildman–Crippen MR) is 135 cm³/mol. The Kier molecular flexibility index (Phi) is 7.54. The van der Waals surface area contributed by atoms with Crippen LogP contribution in [0.2, 0.25) is 5.02 Å². The largest absolute Gasteiger partial charge is 0.491 e. The molecule has 1 saturated heterocycles. The number of hydrogen-bond acceptors (Lipinski definition) is 6. The van der Waals surface area contributed by atoms with Crippen molar-refractivity contribution in [3.05, 3.63) is 78.6 Å². The number of piperidine rings is 1. The number of likely N-dealkylation sites (tertiary alicyclic amines) is 1. The molecule has 1 aliphatic heterocycles. The minimum Gasteiger partial charge on any atom is -0.491 e. The van der Waals surface area contributed by atoms with Crippen molar-refractivity contribution in [2.45, 2.75) is 18.9 Å². The zero-order valence-corrected chi connectivity index (χ0v) is 19.7. The second-order valence-electron chi connectivity index (χ2n) is 7.92. The number of pyridine rings is 1. The molecule has 0 aliphatic carbocycles. The first-order valence-electron chi connectivity index (χ1n) is 11.1. The number of carbonyl (C=O) groups is 1. The highest BCUT2D eigenvalue weighted by Crippen LogP contribution is 2.37. The van der Waals surface area contributed by atoms with Gasteiger partial charge in [0, 0.05) is 31.0 Å². The maximum absolute atomic E-state index is 12.0. The standard InChI is InChI=1S/C26H27ClN4O3/c1-3-25(32)31-15-5-6-19(17-31)30-22-13-14-28-16-23(22)29-18-9-11-20(12-10-18)34-24-8-4-7-21(27)26(24)33-2/h3-4,7-14,16,19,29H,1,5-6,15,17H2,2H3,(H,28,30). The SMILES string of the molecule is C=CC(=O)N1CCCC(Nc2ccncc2Nc2ccc(Oc3cccc(Cl)c3OC)cc2)C1. The average Bonchev–Trinajstić information content (AvgIpc) is 2.86. The molecule has 34 heavy (non-hydrogen) atoms. The topological polar surface area (TPSA) is 75.7 Å². The lowest BCUT2D eigenvalue weighted by Crippen LogP contribution is -2.44. The molecule has 1 atom stereocenters. The number of ether oxygens (including phenoxy) is 2. The molecule has 176 valence electrons. The van der Waals surface area contributed by atoms with E-state index in [1.807, 2.05) is 41.3 Å². The lowest BCUT2D eigenvalue weighted by molar-refractivity contribution is -0.127. The number of benzene rings is 2. The van der Waals surface area contributed by atoms with Crippen molar-refractivity contribution < 1.29 is 14.3 Å². The molecular formula is C26H27ClN4O3. The number of amides is 1. The number of para-hydroxylation sites is 1. The second-order valence-corrected chi connectivity index (χ2v) is 8.32. The van der Waals surface area contributed by atoms with Crippen LogP contribution in [-0.4, -0.2) is 42.0 Å². The van der Waals surface area contributed by atoms with E-state index in [0.29, 0.717) is 28.8 Å². The highest BCUT2D eigenvalue weighted by atomic mass is 35.5. The molecule has 1 fully saturated rings. The fourth-order valence-electron chi connectivity index (χ4n) is 3.92. The van der Waals surface area contributed by atoms with Crippen molar-refractivity contribution in [1.29, 1.82) is 0 Å². The number of nitrogens with one attached hydrogen (secondary N) is 2. The minimum atomic E-state index is -0.0303. The molecule has 8 heteroatoms. The molecule has 1 aliphatic rings. The predicted octanol–water partition coefficient (Wildman–Crippen LogP) is 5.87. The van der Waals surface area contributed by atoms with Crippen LogP contribution in [0.15, 0.2) is 73.6 Å². The van der Waals surface area contributed by atoms with Gasteiger partial charge in [-0.1, -0.05) is 24.2 Å². The van der Waals surface area contributed by atoms with Gasteiger partial charge < -0.3 is 25.0 Å². The van der Waals surface area contributed by atoms with Crippen LogP contribution >= 0.6 is 11.6 Å². The molecule has 2 aromatic carbocycles. The van der Waals surface area contributed by atoms with Crippen molar-refractivity contribution in [2.75, 3.05) is 30.8 Å². The Morgan fingerprint density at radius 1 is 1.21 bits per heavy atom. The fourth-order valence-corrected chi connectivity index (χ4v) is 4.16. The summed E-state index contributed by atoms with van der Waals surface area (Å²) in [6.07, 6.45) is 6.83. The zero-order chi connectivity index (χ0) is 23.9. The van der Waals surface area contributed by atoms with Crippen LogP contribution < -0.4 is 20.1 Å². The molecule has 2 heterocycles. The van der Waals surface area contributed by atoms with Crippen LogP contribution in [0, 0.1) is 0 Å². The molecular weight excluding hydrogens is 452 g/mol. The van der Waals surface area contributed by atoms with Gasteiger partial charge in [0.1, 0.15) is 5.75 Å². The minimum absolute atomic E-state index is 0.0303. The lowest BCUT2D eigenvalue weighted by Gasteiger charge is -2.33. The van der Waals surface area contributed by atoms with E-state index in [4.69, 9.17) is 21.1 Å². The summed E-state index contributed by atoms with van der Waals surface area (Å²) in [6, 6.07) is 15.0. The summed E-state index contributed by atoms with van der Waals surface area (Å²) in [5.74, 6) is 1.67. The monoisotopic (exact) mass is 478 g/mol. The van der Waals surface area contributed by atoms with Gasteiger partial charge in [-0.25, -0.2) is 0 Å². The van der Waals surface area contributed by atoms with E-state index in [1.165, 1.54) is 6.08 Å². The van der Waals surface area contributed by atoms with Crippen LogP contribution in [0.4, 0.5) is 17.1 Å². The molecule has 1 aromatic heterocycles. The van der Waals surface area contributed by atoms with E-state index in [0.717, 1.165) is 36.4 Å². The molecule has 0 saturated carbocycles. The first-order chi connectivity index (χ1) is 16.6. The van der Waals surface area contributed by atoms with E-state index in [2.05, 4.69) is 22.2 Å². The van der Waals surface area contributed by atoms with Crippen LogP contribution in [0.3, 0.4) is 0 Å². The quantitative estimate of drug-likeness (QED) is 0.394. The second kappa shape index (κ2) is 10.9. The van der Waals surface area contributed by atoms with Gasteiger partial charge in [-0.3, -0.25) is 9.78 Å². The number of methoxy groups -OCH3 is 1. The Labute approximate surface area is 204 Å². The number of hydrogen-bond donors (Lipinski definition) is 2. The van der Waals surface area contributed by atoms with E-state index >= 15 is 0 Å². The third-order valence-corrected chi connectivity index (χ3v) is 5.88. The van der Waals surface area contributed by atoms with Gasteiger partial charge in [-0.05, 0) is 61.4 Å². The van der Waals surface area contributed by atoms with Crippen LogP contribution in [0.25, 0.3) is 0 Å². The van der Waals surface area contributed by atoms with Crippen LogP contribution in [0.5, 0.6) is 17.2 Å². The molecule has 1 unspecified atom stereocenters. The van der Waals surface area contributed by atoms with E-state index in [1.54, 1.807) is 31.6 Å². The van der Waals surface area contributed by atoms with Gasteiger partial charge in [-0.2, -0.15) is 0 Å². The normalized spacial score (nSPS) is 15.4. The van der Waals surface area contributed by atoms with Gasteiger partial charge in [-0.15, -0.1) is 0 Å². The van der Waals surface area contributed by atoms with Crippen molar-refractivity contribution in [2.24, 2.45) is 0 Å². The number of rotatable bonds is 8. The van der Waals surface area contributed by atoms with Gasteiger partial charge in [0.25, 0.3) is 0 Å². The molecule has 0 spiro atoms. The van der Waals surface area contributed by atoms with Gasteiger partial charge in [0.15, 0.2) is 11.5 Å². The Bertz CT molecular complexity index is 1150. The van der Waals surface area contributed by atoms with Gasteiger partial charge in [0.2, 0.25) is 5.91 Å². The maximum Gasteiger partial charge on any atom is 0.246 e. The Balaban J connectivity index is 1.43. The summed E-state index contributed by atoms with van der Waals surface area (Å²) in [5, 5.41) is 7.46. The zero-order valence-electron chi connectivity index (χ0n) is 19.0. The summed E-state index contributed by atoms with van der Waals surface area (Å²) >= 11 is 6.18. The molecule has 7 nitrogen and oxygen atoms in total. The van der Waals surface area contributed by atoms with E-state index in [9.17, 15) is 4.79 Å². The van der Waals surface area contributed by atoms with E-state index < -0.39 is 0 Å². The highest BCUT2D eigenvalue weighted by Gasteiger charge is 2.22. The summed E-state index contributed by atoms with van der Waals surface area (Å²) in [6.45, 7) is 5.01. The molecule has 0 bridgehead atoms. The van der Waals surface area contributed by atoms with Crippen LogP contribution in [-0.2, 0) is 4.79 Å². The van der Waals surface area contributed by atoms with Crippen molar-refractivity contribution in [3.63, 3.8) is 0 Å². The summed E-state index contributed by atoms with van der Waals surface area (Å²) in [5.41, 5.74) is 2.66. The van der Waals surface area contributed by atoms with Crippen molar-refractivity contribution >= 4 is 34.6 Å². The number of carbonyl (C=O) groups excluding carboxylic acids is 1. The molecule has 0 radical (unpaired) electrons. The third-order valence-electron chi connectivity index (χ3n) is 5.58. The van der Waals surface area contributed by atoms with Gasteiger partial charge in [0.05, 0.1) is 29.7 Å². The summed E-state index contributed by atoms with van der Waals surface area (Å²) < 4.78 is 11.3. The summed E-state index contributed by atoms with van der Waals surface area (Å²) in [4.78, 5) is 18.1. The number of aromatic nitrogens is 1. The third kappa shape index (κ3) is 5.61. The van der Waals surface area contributed by atoms with Crippen molar-refractivity contribution in [1.82, 2.24) is 9.88 Å². The summed E-state index contributed by atoms with van der Waals surface area (Å²) in [7, 11) is 1.56. The Morgan fingerprint density at radius 2 is 2.03 bits per heavy atom. The maximum atomic E-state index is 12.0. The Morgan fingerprint density at radius 3 is 2.79 bits per heavy atom. The first-order valence-corrected chi connectivity index (χ1v) is 11.4. The molecule has 2 N–H and O–H groups in total. The van der Waals surface area contributed by atoms with E-state index in [-0.39, 0.29) is 11.9 Å². The average molecular weight is 479 g/mol. The molecule has 3 aromatic rings. The number of nitrogens with zero attached hydrogens (tertiary/aromatic N) is 2. The smallest absolute Gasteiger partial charge is 0.246 e. The first kappa shape index (κ1) is 23.4. The molecule has 1 amide bonds. The fraction of sp³-hybridized carbons (Fsp3) is 0.231. The van der Waals surface area contributed by atoms with Crippen LogP contribution in [0.1, 0.15) is 12.8 Å². The number of halogens is 1. The lowest BCUT2D eigenvalue weighted by atomic mass is 10.1. The highest BCUT2D eigenvalue weighted by molar-refractivity contribution is 6.32.